The number of benzene rings is 2. The number of hydrogen-bond acceptors (Lipinski definition) is 5. The summed E-state index contributed by atoms with van der Waals surface area (Å²) in [4.78, 5) is 13.1. The SMILES string of the molecule is O=C(CN(Cc1c(F)cccc1Cl)S(=O)(=O)c1ccc(Cl)cc1)N/N=C/c1cccs1. The minimum atomic E-state index is -4.17. The fraction of sp³-hybridized carbons (Fsp3) is 0.100. The van der Waals surface area contributed by atoms with Crippen LogP contribution in [0.4, 0.5) is 4.39 Å². The fourth-order valence-electron chi connectivity index (χ4n) is 2.57. The van der Waals surface area contributed by atoms with E-state index in [1.807, 2.05) is 11.4 Å². The molecule has 3 aromatic rings. The number of sulfonamides is 1. The van der Waals surface area contributed by atoms with E-state index in [2.05, 4.69) is 10.5 Å². The van der Waals surface area contributed by atoms with Crippen LogP contribution < -0.4 is 5.43 Å². The lowest BCUT2D eigenvalue weighted by molar-refractivity contribution is -0.121. The molecule has 1 aromatic heterocycles. The molecule has 0 aliphatic heterocycles. The molecule has 0 spiro atoms. The Labute approximate surface area is 193 Å². The average molecular weight is 500 g/mol. The predicted octanol–water partition coefficient (Wildman–Crippen LogP) is 4.54. The molecule has 1 amide bonds. The molecule has 2 aromatic carbocycles. The first-order valence-electron chi connectivity index (χ1n) is 8.81. The maximum absolute atomic E-state index is 14.3. The number of halogens is 3. The van der Waals surface area contributed by atoms with Gasteiger partial charge in [0.15, 0.2) is 0 Å². The monoisotopic (exact) mass is 499 g/mol. The summed E-state index contributed by atoms with van der Waals surface area (Å²) >= 11 is 13.3. The molecule has 0 bridgehead atoms. The van der Waals surface area contributed by atoms with E-state index in [-0.39, 0.29) is 15.5 Å². The first-order valence-corrected chi connectivity index (χ1v) is 11.9. The van der Waals surface area contributed by atoms with Crippen LogP contribution in [0.2, 0.25) is 10.0 Å². The first kappa shape index (κ1) is 23.4. The zero-order chi connectivity index (χ0) is 22.4. The number of hydrazone groups is 1. The van der Waals surface area contributed by atoms with Crippen molar-refractivity contribution < 1.29 is 17.6 Å². The Morgan fingerprint density at radius 1 is 1.13 bits per heavy atom. The van der Waals surface area contributed by atoms with Crippen molar-refractivity contribution in [1.82, 2.24) is 9.73 Å². The lowest BCUT2D eigenvalue weighted by Gasteiger charge is -2.22. The van der Waals surface area contributed by atoms with Crippen molar-refractivity contribution >= 4 is 56.7 Å². The van der Waals surface area contributed by atoms with Crippen LogP contribution in [-0.2, 0) is 21.4 Å². The van der Waals surface area contributed by atoms with Crippen LogP contribution in [0.15, 0.2) is 70.0 Å². The lowest BCUT2D eigenvalue weighted by atomic mass is 10.2. The first-order chi connectivity index (χ1) is 14.8. The van der Waals surface area contributed by atoms with Gasteiger partial charge in [0.1, 0.15) is 5.82 Å². The Morgan fingerprint density at radius 2 is 1.87 bits per heavy atom. The van der Waals surface area contributed by atoms with Crippen molar-refractivity contribution in [3.05, 3.63) is 86.3 Å². The standard InChI is InChI=1S/C20H16Cl2FN3O3S2/c21-14-6-8-16(9-7-14)31(28,29)26(12-17-18(22)4-1-5-19(17)23)13-20(27)25-24-11-15-3-2-10-30-15/h1-11H,12-13H2,(H,25,27)/b24-11+. The predicted molar refractivity (Wildman–Crippen MR) is 121 cm³/mol. The second-order valence-electron chi connectivity index (χ2n) is 6.24. The summed E-state index contributed by atoms with van der Waals surface area (Å²) in [6.07, 6.45) is 1.44. The molecular weight excluding hydrogens is 484 g/mol. The Kier molecular flexibility index (Phi) is 7.79. The Balaban J connectivity index is 1.86. The third-order valence-corrected chi connectivity index (χ3v) is 7.31. The molecule has 6 nitrogen and oxygen atoms in total. The van der Waals surface area contributed by atoms with E-state index < -0.39 is 34.8 Å². The summed E-state index contributed by atoms with van der Waals surface area (Å²) in [7, 11) is -4.17. The molecule has 0 atom stereocenters. The van der Waals surface area contributed by atoms with Crippen molar-refractivity contribution in [1.29, 1.82) is 0 Å². The van der Waals surface area contributed by atoms with Crippen molar-refractivity contribution in [2.45, 2.75) is 11.4 Å². The quantitative estimate of drug-likeness (QED) is 0.365. The van der Waals surface area contributed by atoms with E-state index in [1.165, 1.54) is 60.0 Å². The molecule has 31 heavy (non-hydrogen) atoms. The highest BCUT2D eigenvalue weighted by Crippen LogP contribution is 2.25. The topological polar surface area (TPSA) is 78.8 Å². The van der Waals surface area contributed by atoms with Crippen LogP contribution in [0.5, 0.6) is 0 Å². The highest BCUT2D eigenvalue weighted by molar-refractivity contribution is 7.89. The molecule has 11 heteroatoms. The lowest BCUT2D eigenvalue weighted by Crippen LogP contribution is -2.39. The maximum Gasteiger partial charge on any atom is 0.255 e. The largest absolute Gasteiger partial charge is 0.272 e. The molecule has 0 aliphatic carbocycles. The number of thiophene rings is 1. The maximum atomic E-state index is 14.3. The van der Waals surface area contributed by atoms with E-state index in [9.17, 15) is 17.6 Å². The van der Waals surface area contributed by atoms with E-state index in [0.717, 1.165) is 9.18 Å². The summed E-state index contributed by atoms with van der Waals surface area (Å²) < 4.78 is 41.5. The van der Waals surface area contributed by atoms with Crippen LogP contribution in [-0.4, -0.2) is 31.4 Å². The Hall–Kier alpha value is -2.30. The van der Waals surface area contributed by atoms with Gasteiger partial charge in [-0.1, -0.05) is 35.3 Å². The summed E-state index contributed by atoms with van der Waals surface area (Å²) in [6, 6.07) is 13.1. The van der Waals surface area contributed by atoms with Gasteiger partial charge in [-0.15, -0.1) is 11.3 Å². The Morgan fingerprint density at radius 3 is 2.52 bits per heavy atom. The zero-order valence-corrected chi connectivity index (χ0v) is 19.0. The van der Waals surface area contributed by atoms with E-state index >= 15 is 0 Å². The van der Waals surface area contributed by atoms with Crippen LogP contribution in [0, 0.1) is 5.82 Å². The highest BCUT2D eigenvalue weighted by atomic mass is 35.5. The van der Waals surface area contributed by atoms with Crippen LogP contribution in [0.25, 0.3) is 0 Å². The second kappa shape index (κ2) is 10.3. The van der Waals surface area contributed by atoms with Crippen molar-refractivity contribution in [2.75, 3.05) is 6.54 Å². The molecule has 1 N–H and O–H groups in total. The number of hydrogen-bond donors (Lipinski definition) is 1. The molecule has 0 aliphatic rings. The summed E-state index contributed by atoms with van der Waals surface area (Å²) in [5, 5.41) is 6.07. The highest BCUT2D eigenvalue weighted by Gasteiger charge is 2.28. The fourth-order valence-corrected chi connectivity index (χ4v) is 4.87. The molecule has 162 valence electrons. The van der Waals surface area contributed by atoms with Gasteiger partial charge in [0, 0.05) is 27.0 Å². The summed E-state index contributed by atoms with van der Waals surface area (Å²) in [5.41, 5.74) is 2.24. The van der Waals surface area contributed by atoms with Gasteiger partial charge in [-0.3, -0.25) is 4.79 Å². The van der Waals surface area contributed by atoms with Crippen molar-refractivity contribution in [2.24, 2.45) is 5.10 Å². The normalized spacial score (nSPS) is 11.9. The Bertz CT molecular complexity index is 1160. The van der Waals surface area contributed by atoms with Crippen LogP contribution in [0.3, 0.4) is 0 Å². The summed E-state index contributed by atoms with van der Waals surface area (Å²) in [6.45, 7) is -1.05. The third kappa shape index (κ3) is 6.11. The number of nitrogens with zero attached hydrogens (tertiary/aromatic N) is 2. The molecule has 0 saturated heterocycles. The van der Waals surface area contributed by atoms with Gasteiger partial charge in [-0.25, -0.2) is 18.2 Å². The van der Waals surface area contributed by atoms with Crippen LogP contribution >= 0.6 is 34.5 Å². The van der Waals surface area contributed by atoms with Gasteiger partial charge in [0.05, 0.1) is 17.7 Å². The van der Waals surface area contributed by atoms with E-state index in [1.54, 1.807) is 6.07 Å². The van der Waals surface area contributed by atoms with Gasteiger partial charge >= 0.3 is 0 Å². The van der Waals surface area contributed by atoms with Crippen molar-refractivity contribution in [3.8, 4) is 0 Å². The number of carbonyl (C=O) groups is 1. The van der Waals surface area contributed by atoms with Crippen molar-refractivity contribution in [3.63, 3.8) is 0 Å². The minimum absolute atomic E-state index is 0.0448. The molecule has 0 saturated carbocycles. The summed E-state index contributed by atoms with van der Waals surface area (Å²) in [5.74, 6) is -1.38. The number of carbonyl (C=O) groups excluding carboxylic acids is 1. The van der Waals surface area contributed by atoms with Crippen LogP contribution in [0.1, 0.15) is 10.4 Å². The van der Waals surface area contributed by atoms with E-state index in [4.69, 9.17) is 23.2 Å². The second-order valence-corrected chi connectivity index (χ2v) is 10.00. The molecule has 0 radical (unpaired) electrons. The average Bonchev–Trinajstić information content (AvgIpc) is 3.24. The molecular formula is C20H16Cl2FN3O3S2. The van der Waals surface area contributed by atoms with Gasteiger partial charge in [0.2, 0.25) is 10.0 Å². The number of nitrogens with one attached hydrogen (secondary N) is 1. The third-order valence-electron chi connectivity index (χ3n) is 4.09. The van der Waals surface area contributed by atoms with Gasteiger partial charge < -0.3 is 0 Å². The molecule has 1 heterocycles. The van der Waals surface area contributed by atoms with Gasteiger partial charge in [0.25, 0.3) is 5.91 Å². The van der Waals surface area contributed by atoms with Gasteiger partial charge in [-0.2, -0.15) is 9.41 Å². The molecule has 0 fully saturated rings. The molecule has 3 rings (SSSR count). The zero-order valence-electron chi connectivity index (χ0n) is 15.8. The molecule has 0 unspecified atom stereocenters. The smallest absolute Gasteiger partial charge is 0.255 e. The van der Waals surface area contributed by atoms with Gasteiger partial charge in [-0.05, 0) is 47.8 Å². The number of rotatable bonds is 8. The number of amides is 1. The minimum Gasteiger partial charge on any atom is -0.272 e. The van der Waals surface area contributed by atoms with E-state index in [0.29, 0.717) is 5.02 Å².